The van der Waals surface area contributed by atoms with Crippen molar-refractivity contribution >= 4 is 6.09 Å². The number of carbonyl (C=O) groups is 1. The van der Waals surface area contributed by atoms with Gasteiger partial charge in [-0.25, -0.2) is 14.2 Å². The highest BCUT2D eigenvalue weighted by Gasteiger charge is 2.24. The molecule has 1 saturated heterocycles. The molecule has 0 saturated carbocycles. The van der Waals surface area contributed by atoms with Crippen LogP contribution >= 0.6 is 0 Å². The standard InChI is InChI=1S/C11H13FN2O2/c12-9-4-3-7-14(8-9)11(15)16-10-5-1-2-6-13-10/h1-2,5-6,9H,3-4,7-8H2. The van der Waals surface area contributed by atoms with Crippen molar-refractivity contribution in [1.82, 2.24) is 9.88 Å². The van der Waals surface area contributed by atoms with Crippen molar-refractivity contribution < 1.29 is 13.9 Å². The van der Waals surface area contributed by atoms with E-state index < -0.39 is 12.3 Å². The van der Waals surface area contributed by atoms with E-state index in [2.05, 4.69) is 4.98 Å². The van der Waals surface area contributed by atoms with Gasteiger partial charge >= 0.3 is 6.09 Å². The maximum Gasteiger partial charge on any atom is 0.416 e. The first-order chi connectivity index (χ1) is 7.75. The van der Waals surface area contributed by atoms with Crippen LogP contribution in [0.15, 0.2) is 24.4 Å². The van der Waals surface area contributed by atoms with Crippen LogP contribution in [0.3, 0.4) is 0 Å². The number of ether oxygens (including phenoxy) is 1. The van der Waals surface area contributed by atoms with Crippen molar-refractivity contribution in [3.63, 3.8) is 0 Å². The van der Waals surface area contributed by atoms with E-state index in [4.69, 9.17) is 4.74 Å². The second kappa shape index (κ2) is 4.92. The molecule has 1 unspecified atom stereocenters. The normalized spacial score (nSPS) is 20.6. The van der Waals surface area contributed by atoms with Crippen LogP contribution in [-0.2, 0) is 0 Å². The van der Waals surface area contributed by atoms with Crippen molar-refractivity contribution in [3.05, 3.63) is 24.4 Å². The summed E-state index contributed by atoms with van der Waals surface area (Å²) in [7, 11) is 0. The second-order valence-electron chi connectivity index (χ2n) is 3.72. The molecule has 1 fully saturated rings. The van der Waals surface area contributed by atoms with E-state index in [9.17, 15) is 9.18 Å². The lowest BCUT2D eigenvalue weighted by Crippen LogP contribution is -2.42. The lowest BCUT2D eigenvalue weighted by atomic mass is 10.1. The fourth-order valence-electron chi connectivity index (χ4n) is 1.65. The van der Waals surface area contributed by atoms with Crippen molar-refractivity contribution in [3.8, 4) is 5.88 Å². The molecule has 0 N–H and O–H groups in total. The Morgan fingerprint density at radius 1 is 1.56 bits per heavy atom. The van der Waals surface area contributed by atoms with Gasteiger partial charge in [-0.2, -0.15) is 0 Å². The van der Waals surface area contributed by atoms with Gasteiger partial charge in [-0.15, -0.1) is 0 Å². The summed E-state index contributed by atoms with van der Waals surface area (Å²) in [5.74, 6) is 0.244. The molecule has 1 amide bonds. The van der Waals surface area contributed by atoms with Crippen LogP contribution in [0.4, 0.5) is 9.18 Å². The Hall–Kier alpha value is -1.65. The Morgan fingerprint density at radius 3 is 3.12 bits per heavy atom. The molecule has 2 rings (SSSR count). The molecule has 1 aliphatic rings. The lowest BCUT2D eigenvalue weighted by molar-refractivity contribution is 0.111. The monoisotopic (exact) mass is 224 g/mol. The van der Waals surface area contributed by atoms with Gasteiger partial charge in [0, 0.05) is 18.8 Å². The van der Waals surface area contributed by atoms with Gasteiger partial charge in [0.2, 0.25) is 5.88 Å². The quantitative estimate of drug-likeness (QED) is 0.732. The highest BCUT2D eigenvalue weighted by atomic mass is 19.1. The van der Waals surface area contributed by atoms with Crippen molar-refractivity contribution in [2.75, 3.05) is 13.1 Å². The van der Waals surface area contributed by atoms with Crippen molar-refractivity contribution in [2.24, 2.45) is 0 Å². The Balaban J connectivity index is 1.93. The zero-order valence-corrected chi connectivity index (χ0v) is 8.80. The summed E-state index contributed by atoms with van der Waals surface area (Å²) < 4.78 is 18.1. The minimum atomic E-state index is -0.940. The highest BCUT2D eigenvalue weighted by Crippen LogP contribution is 2.14. The van der Waals surface area contributed by atoms with E-state index in [1.165, 1.54) is 11.1 Å². The molecule has 5 heteroatoms. The number of pyridine rings is 1. The van der Waals surface area contributed by atoms with Crippen LogP contribution in [0.25, 0.3) is 0 Å². The molecule has 0 spiro atoms. The van der Waals surface area contributed by atoms with Crippen LogP contribution in [0, 0.1) is 0 Å². The molecular formula is C11H13FN2O2. The molecule has 0 aromatic carbocycles. The molecule has 0 radical (unpaired) electrons. The number of halogens is 1. The number of nitrogens with zero attached hydrogens (tertiary/aromatic N) is 2. The van der Waals surface area contributed by atoms with Crippen molar-refractivity contribution in [2.45, 2.75) is 19.0 Å². The molecule has 1 aromatic heterocycles. The summed E-state index contributed by atoms with van der Waals surface area (Å²) in [6, 6.07) is 5.05. The van der Waals surface area contributed by atoms with Gasteiger partial charge in [0.25, 0.3) is 0 Å². The van der Waals surface area contributed by atoms with Crippen LogP contribution < -0.4 is 4.74 Å². The maximum absolute atomic E-state index is 13.1. The zero-order chi connectivity index (χ0) is 11.4. The van der Waals surface area contributed by atoms with Gasteiger partial charge in [-0.05, 0) is 18.9 Å². The van der Waals surface area contributed by atoms with Gasteiger partial charge in [0.15, 0.2) is 0 Å². The third kappa shape index (κ3) is 2.68. The molecule has 1 atom stereocenters. The summed E-state index contributed by atoms with van der Waals surface area (Å²) in [5.41, 5.74) is 0. The number of hydrogen-bond acceptors (Lipinski definition) is 3. The van der Waals surface area contributed by atoms with E-state index in [0.717, 1.165) is 0 Å². The first-order valence-electron chi connectivity index (χ1n) is 5.27. The highest BCUT2D eigenvalue weighted by molar-refractivity contribution is 5.70. The summed E-state index contributed by atoms with van der Waals surface area (Å²) in [6.07, 6.45) is 1.27. The molecule has 1 aromatic rings. The number of rotatable bonds is 1. The van der Waals surface area contributed by atoms with E-state index in [-0.39, 0.29) is 12.4 Å². The number of hydrogen-bond donors (Lipinski definition) is 0. The average Bonchev–Trinajstić information content (AvgIpc) is 2.30. The minimum absolute atomic E-state index is 0.117. The molecule has 16 heavy (non-hydrogen) atoms. The van der Waals surface area contributed by atoms with Crippen LogP contribution in [0.2, 0.25) is 0 Å². The fraction of sp³-hybridized carbons (Fsp3) is 0.455. The van der Waals surface area contributed by atoms with E-state index in [0.29, 0.717) is 19.4 Å². The molecule has 0 bridgehead atoms. The van der Waals surface area contributed by atoms with Gasteiger partial charge < -0.3 is 9.64 Å². The Kier molecular flexibility index (Phi) is 3.34. The van der Waals surface area contributed by atoms with Crippen LogP contribution in [-0.4, -0.2) is 35.2 Å². The van der Waals surface area contributed by atoms with Gasteiger partial charge in [-0.3, -0.25) is 0 Å². The Labute approximate surface area is 93.0 Å². The van der Waals surface area contributed by atoms with Gasteiger partial charge in [0.05, 0.1) is 6.54 Å². The summed E-state index contributed by atoms with van der Waals surface area (Å²) in [4.78, 5) is 16.9. The molecule has 86 valence electrons. The third-order valence-corrected chi connectivity index (χ3v) is 2.45. The zero-order valence-electron chi connectivity index (χ0n) is 8.80. The molecule has 2 heterocycles. The number of carbonyl (C=O) groups excluding carboxylic acids is 1. The van der Waals surface area contributed by atoms with Gasteiger partial charge in [0.1, 0.15) is 6.17 Å². The fourth-order valence-corrected chi connectivity index (χ4v) is 1.65. The molecular weight excluding hydrogens is 211 g/mol. The summed E-state index contributed by atoms with van der Waals surface area (Å²) in [6.45, 7) is 0.664. The largest absolute Gasteiger partial charge is 0.416 e. The number of likely N-dealkylation sites (tertiary alicyclic amines) is 1. The minimum Gasteiger partial charge on any atom is -0.391 e. The van der Waals surface area contributed by atoms with E-state index >= 15 is 0 Å². The van der Waals surface area contributed by atoms with Crippen LogP contribution in [0.1, 0.15) is 12.8 Å². The van der Waals surface area contributed by atoms with Crippen molar-refractivity contribution in [1.29, 1.82) is 0 Å². The average molecular weight is 224 g/mol. The predicted octanol–water partition coefficient (Wildman–Crippen LogP) is 2.01. The van der Waals surface area contributed by atoms with Crippen LogP contribution in [0.5, 0.6) is 5.88 Å². The number of aromatic nitrogens is 1. The summed E-state index contributed by atoms with van der Waals surface area (Å²) >= 11 is 0. The number of piperidine rings is 1. The number of amides is 1. The third-order valence-electron chi connectivity index (χ3n) is 2.45. The topological polar surface area (TPSA) is 42.4 Å². The first-order valence-corrected chi connectivity index (χ1v) is 5.27. The molecule has 4 nitrogen and oxygen atoms in total. The Bertz CT molecular complexity index is 358. The lowest BCUT2D eigenvalue weighted by Gasteiger charge is -2.27. The Morgan fingerprint density at radius 2 is 2.44 bits per heavy atom. The maximum atomic E-state index is 13.1. The van der Waals surface area contributed by atoms with E-state index in [1.807, 2.05) is 0 Å². The van der Waals surface area contributed by atoms with E-state index in [1.54, 1.807) is 18.2 Å². The first kappa shape index (κ1) is 10.9. The second-order valence-corrected chi connectivity index (χ2v) is 3.72. The van der Waals surface area contributed by atoms with Gasteiger partial charge in [-0.1, -0.05) is 6.07 Å². The summed E-state index contributed by atoms with van der Waals surface area (Å²) in [5, 5.41) is 0. The molecule has 1 aliphatic heterocycles. The number of alkyl halides is 1. The smallest absolute Gasteiger partial charge is 0.391 e. The molecule has 0 aliphatic carbocycles. The predicted molar refractivity (Wildman–Crippen MR) is 56.0 cm³/mol. The SMILES string of the molecule is O=C(Oc1ccccn1)N1CCCC(F)C1.